The maximum absolute atomic E-state index is 12.0. The molecule has 0 radical (unpaired) electrons. The van der Waals surface area contributed by atoms with Gasteiger partial charge in [-0.3, -0.25) is 4.79 Å². The molecule has 0 aromatic heterocycles. The number of sulfonamides is 1. The number of likely N-dealkylation sites (N-methyl/N-ethyl adjacent to an activating group) is 1. The summed E-state index contributed by atoms with van der Waals surface area (Å²) in [4.78, 5) is 10.8. The van der Waals surface area contributed by atoms with Crippen molar-refractivity contribution in [2.24, 2.45) is 0 Å². The van der Waals surface area contributed by atoms with Crippen LogP contribution in [0.15, 0.2) is 28.7 Å². The number of nitrogens with zero attached hydrogens (tertiary/aromatic N) is 1. The lowest BCUT2D eigenvalue weighted by molar-refractivity contribution is -0.140. The van der Waals surface area contributed by atoms with Crippen LogP contribution < -0.4 is 0 Å². The number of halogens is 1. The second-order valence-electron chi connectivity index (χ2n) is 4.19. The van der Waals surface area contributed by atoms with Crippen LogP contribution in [0.25, 0.3) is 0 Å². The van der Waals surface area contributed by atoms with Gasteiger partial charge < -0.3 is 5.11 Å². The van der Waals surface area contributed by atoms with E-state index < -0.39 is 22.0 Å². The molecular weight excluding hydrogens is 334 g/mol. The van der Waals surface area contributed by atoms with Crippen molar-refractivity contribution in [2.45, 2.75) is 19.4 Å². The fraction of sp³-hybridized carbons (Fsp3) is 0.417. The average molecular weight is 350 g/mol. The van der Waals surface area contributed by atoms with Crippen LogP contribution in [0.4, 0.5) is 0 Å². The maximum Gasteiger partial charge on any atom is 0.321 e. The molecule has 0 aliphatic heterocycles. The van der Waals surface area contributed by atoms with Crippen molar-refractivity contribution in [3.8, 4) is 0 Å². The highest BCUT2D eigenvalue weighted by Crippen LogP contribution is 2.17. The second-order valence-corrected chi connectivity index (χ2v) is 7.19. The molecule has 0 fully saturated rings. The van der Waals surface area contributed by atoms with E-state index in [4.69, 9.17) is 5.11 Å². The quantitative estimate of drug-likeness (QED) is 0.848. The summed E-state index contributed by atoms with van der Waals surface area (Å²) in [6, 6.07) is 6.28. The highest BCUT2D eigenvalue weighted by molar-refractivity contribution is 9.10. The number of carboxylic acid groups (broad SMARTS) is 1. The molecular formula is C12H16BrNO4S. The van der Waals surface area contributed by atoms with Crippen LogP contribution in [0.2, 0.25) is 0 Å². The highest BCUT2D eigenvalue weighted by Gasteiger charge is 2.27. The Balaban J connectivity index is 2.76. The summed E-state index contributed by atoms with van der Waals surface area (Å²) in [6.07, 6.45) is 0.334. The van der Waals surface area contributed by atoms with Crippen molar-refractivity contribution >= 4 is 31.9 Å². The SMILES string of the molecule is CC(C(=O)O)N(C)S(=O)(=O)CCc1ccccc1Br. The summed E-state index contributed by atoms with van der Waals surface area (Å²) in [5.74, 6) is -1.28. The summed E-state index contributed by atoms with van der Waals surface area (Å²) in [6.45, 7) is 1.35. The number of aryl methyl sites for hydroxylation is 1. The van der Waals surface area contributed by atoms with Gasteiger partial charge in [-0.1, -0.05) is 34.1 Å². The van der Waals surface area contributed by atoms with E-state index in [1.807, 2.05) is 24.3 Å². The molecule has 0 aliphatic rings. The van der Waals surface area contributed by atoms with Crippen molar-refractivity contribution in [3.05, 3.63) is 34.3 Å². The van der Waals surface area contributed by atoms with Gasteiger partial charge in [0, 0.05) is 11.5 Å². The van der Waals surface area contributed by atoms with Crippen LogP contribution in [0.3, 0.4) is 0 Å². The molecule has 5 nitrogen and oxygen atoms in total. The fourth-order valence-corrected chi connectivity index (χ4v) is 3.30. The van der Waals surface area contributed by atoms with Crippen molar-refractivity contribution in [3.63, 3.8) is 0 Å². The Kier molecular flexibility index (Phi) is 5.51. The molecule has 0 aliphatic carbocycles. The van der Waals surface area contributed by atoms with Crippen LogP contribution in [-0.4, -0.2) is 42.6 Å². The van der Waals surface area contributed by atoms with Gasteiger partial charge in [0.1, 0.15) is 6.04 Å². The first kappa shape index (κ1) is 16.1. The van der Waals surface area contributed by atoms with E-state index >= 15 is 0 Å². The van der Waals surface area contributed by atoms with Gasteiger partial charge in [-0.25, -0.2) is 8.42 Å². The molecule has 0 heterocycles. The predicted molar refractivity (Wildman–Crippen MR) is 76.5 cm³/mol. The van der Waals surface area contributed by atoms with Gasteiger partial charge in [0.05, 0.1) is 5.75 Å². The normalized spacial score (nSPS) is 13.5. The van der Waals surface area contributed by atoms with E-state index in [0.717, 1.165) is 14.3 Å². The second kappa shape index (κ2) is 6.49. The maximum atomic E-state index is 12.0. The molecule has 0 spiro atoms. The van der Waals surface area contributed by atoms with E-state index in [2.05, 4.69) is 15.9 Å². The van der Waals surface area contributed by atoms with E-state index in [1.54, 1.807) is 0 Å². The minimum absolute atomic E-state index is 0.121. The molecule has 1 unspecified atom stereocenters. The standard InChI is InChI=1S/C12H16BrNO4S/c1-9(12(15)16)14(2)19(17,18)8-7-10-5-3-4-6-11(10)13/h3-6,9H,7-8H2,1-2H3,(H,15,16). The number of aliphatic carboxylic acids is 1. The summed E-state index contributed by atoms with van der Waals surface area (Å²) in [5.41, 5.74) is 0.877. The Morgan fingerprint density at radius 1 is 1.42 bits per heavy atom. The Bertz CT molecular complexity index is 559. The van der Waals surface area contributed by atoms with Crippen molar-refractivity contribution in [1.82, 2.24) is 4.31 Å². The summed E-state index contributed by atoms with van der Waals surface area (Å²) in [7, 11) is -2.30. The zero-order chi connectivity index (χ0) is 14.6. The van der Waals surface area contributed by atoms with Gasteiger partial charge in [0.15, 0.2) is 0 Å². The van der Waals surface area contributed by atoms with Gasteiger partial charge in [0.2, 0.25) is 10.0 Å². The lowest BCUT2D eigenvalue weighted by atomic mass is 10.2. The first-order valence-corrected chi connectivity index (χ1v) is 8.08. The van der Waals surface area contributed by atoms with Gasteiger partial charge in [-0.2, -0.15) is 4.31 Å². The summed E-state index contributed by atoms with van der Waals surface area (Å²) >= 11 is 3.35. The van der Waals surface area contributed by atoms with E-state index in [0.29, 0.717) is 6.42 Å². The largest absolute Gasteiger partial charge is 0.480 e. The number of hydrogen-bond donors (Lipinski definition) is 1. The van der Waals surface area contributed by atoms with Crippen LogP contribution in [-0.2, 0) is 21.2 Å². The topological polar surface area (TPSA) is 74.7 Å². The monoisotopic (exact) mass is 349 g/mol. The molecule has 7 heteroatoms. The van der Waals surface area contributed by atoms with Crippen LogP contribution in [0.5, 0.6) is 0 Å². The Hall–Kier alpha value is -0.920. The Morgan fingerprint density at radius 2 is 2.00 bits per heavy atom. The van der Waals surface area contributed by atoms with Gasteiger partial charge in [-0.05, 0) is 25.0 Å². The zero-order valence-corrected chi connectivity index (χ0v) is 13.1. The molecule has 1 aromatic carbocycles. The van der Waals surface area contributed by atoms with Crippen molar-refractivity contribution < 1.29 is 18.3 Å². The minimum atomic E-state index is -3.59. The minimum Gasteiger partial charge on any atom is -0.480 e. The van der Waals surface area contributed by atoms with Crippen LogP contribution >= 0.6 is 15.9 Å². The number of carbonyl (C=O) groups is 1. The fourth-order valence-electron chi connectivity index (χ4n) is 1.48. The number of rotatable bonds is 6. The molecule has 0 saturated carbocycles. The third-order valence-electron chi connectivity index (χ3n) is 2.93. The van der Waals surface area contributed by atoms with E-state index in [9.17, 15) is 13.2 Å². The van der Waals surface area contributed by atoms with E-state index in [1.165, 1.54) is 14.0 Å². The molecule has 1 aromatic rings. The summed E-state index contributed by atoms with van der Waals surface area (Å²) < 4.78 is 25.8. The molecule has 1 N–H and O–H groups in total. The van der Waals surface area contributed by atoms with Gasteiger partial charge >= 0.3 is 5.97 Å². The average Bonchev–Trinajstić information content (AvgIpc) is 2.36. The first-order valence-electron chi connectivity index (χ1n) is 5.67. The Morgan fingerprint density at radius 3 is 2.53 bits per heavy atom. The van der Waals surface area contributed by atoms with Crippen molar-refractivity contribution in [1.29, 1.82) is 0 Å². The number of hydrogen-bond acceptors (Lipinski definition) is 3. The lowest BCUT2D eigenvalue weighted by Crippen LogP contribution is -2.41. The molecule has 19 heavy (non-hydrogen) atoms. The van der Waals surface area contributed by atoms with Gasteiger partial charge in [-0.15, -0.1) is 0 Å². The molecule has 106 valence electrons. The zero-order valence-electron chi connectivity index (χ0n) is 10.7. The molecule has 0 amide bonds. The molecule has 1 rings (SSSR count). The van der Waals surface area contributed by atoms with E-state index in [-0.39, 0.29) is 5.75 Å². The lowest BCUT2D eigenvalue weighted by Gasteiger charge is -2.21. The third kappa shape index (κ3) is 4.29. The molecule has 0 saturated heterocycles. The van der Waals surface area contributed by atoms with Crippen molar-refractivity contribution in [2.75, 3.05) is 12.8 Å². The number of benzene rings is 1. The molecule has 1 atom stereocenters. The number of carboxylic acids is 1. The van der Waals surface area contributed by atoms with Gasteiger partial charge in [0.25, 0.3) is 0 Å². The smallest absolute Gasteiger partial charge is 0.321 e. The highest BCUT2D eigenvalue weighted by atomic mass is 79.9. The Labute approximate surface area is 121 Å². The molecule has 0 bridgehead atoms. The summed E-state index contributed by atoms with van der Waals surface area (Å²) in [5, 5.41) is 8.83. The predicted octanol–water partition coefficient (Wildman–Crippen LogP) is 1.73. The van der Waals surface area contributed by atoms with Crippen LogP contribution in [0, 0.1) is 0 Å². The third-order valence-corrected chi connectivity index (χ3v) is 5.62. The first-order chi connectivity index (χ1) is 8.75. The van der Waals surface area contributed by atoms with Crippen LogP contribution in [0.1, 0.15) is 12.5 Å².